The van der Waals surface area contributed by atoms with Gasteiger partial charge in [-0.05, 0) is 73.1 Å². The van der Waals surface area contributed by atoms with Gasteiger partial charge in [-0.3, -0.25) is 4.79 Å². The number of fused-ring (bicyclic) bond motifs is 3. The van der Waals surface area contributed by atoms with Crippen molar-refractivity contribution in [2.75, 3.05) is 11.4 Å². The van der Waals surface area contributed by atoms with Gasteiger partial charge in [0.1, 0.15) is 0 Å². The Balaban J connectivity index is 1.48. The molecule has 1 amide bonds. The molecule has 154 valence electrons. The van der Waals surface area contributed by atoms with Crippen LogP contribution in [0.3, 0.4) is 0 Å². The molecule has 0 spiro atoms. The van der Waals surface area contributed by atoms with Gasteiger partial charge in [-0.2, -0.15) is 0 Å². The number of rotatable bonds is 4. The van der Waals surface area contributed by atoms with Crippen molar-refractivity contribution >= 4 is 21.6 Å². The van der Waals surface area contributed by atoms with Crippen LogP contribution in [-0.4, -0.2) is 33.0 Å². The van der Waals surface area contributed by atoms with Crippen LogP contribution in [0.4, 0.5) is 5.69 Å². The number of primary sulfonamides is 1. The van der Waals surface area contributed by atoms with Gasteiger partial charge in [0.15, 0.2) is 0 Å². The van der Waals surface area contributed by atoms with Crippen molar-refractivity contribution in [2.45, 2.75) is 70.4 Å². The summed E-state index contributed by atoms with van der Waals surface area (Å²) in [6.07, 6.45) is 4.22. The third-order valence-corrected chi connectivity index (χ3v) is 9.09. The fourth-order valence-corrected chi connectivity index (χ4v) is 6.47. The Bertz CT molecular complexity index is 927. The van der Waals surface area contributed by atoms with Gasteiger partial charge < -0.3 is 10.2 Å². The molecule has 1 aromatic carbocycles. The zero-order chi connectivity index (χ0) is 20.5. The van der Waals surface area contributed by atoms with Crippen LogP contribution >= 0.6 is 0 Å². The van der Waals surface area contributed by atoms with E-state index in [9.17, 15) is 13.2 Å². The highest BCUT2D eigenvalue weighted by Gasteiger charge is 2.61. The minimum Gasteiger partial charge on any atom is -0.359 e. The molecule has 6 nitrogen and oxygen atoms in total. The van der Waals surface area contributed by atoms with Gasteiger partial charge in [0, 0.05) is 17.8 Å². The zero-order valence-corrected chi connectivity index (χ0v) is 18.0. The zero-order valence-electron chi connectivity index (χ0n) is 17.2. The molecule has 1 heterocycles. The van der Waals surface area contributed by atoms with E-state index in [1.54, 1.807) is 12.1 Å². The van der Waals surface area contributed by atoms with Gasteiger partial charge in [0.25, 0.3) is 0 Å². The van der Waals surface area contributed by atoms with Crippen LogP contribution in [0.2, 0.25) is 0 Å². The number of hydrogen-bond acceptors (Lipinski definition) is 4. The average molecular weight is 406 g/mol. The normalized spacial score (nSPS) is 33.2. The standard InChI is InChI=1S/C21H31N3O3S/c1-13-9-14-10-16(28(22,26)27)5-6-17(14)24(13)12-19(25)23-18-11-15-7-8-21(18,4)20(15,2)3/h5-6,10,13,15,18H,7-9,11-12H2,1-4H3,(H,23,25)(H2,22,26,27)/t13-,15+,18+,21+/m0/s1. The molecule has 2 aliphatic carbocycles. The number of carbonyl (C=O) groups is 1. The van der Waals surface area contributed by atoms with Crippen molar-refractivity contribution in [3.63, 3.8) is 0 Å². The van der Waals surface area contributed by atoms with Crippen LogP contribution in [0.5, 0.6) is 0 Å². The highest BCUT2D eigenvalue weighted by molar-refractivity contribution is 7.89. The van der Waals surface area contributed by atoms with Crippen LogP contribution in [0.25, 0.3) is 0 Å². The third kappa shape index (κ3) is 2.86. The van der Waals surface area contributed by atoms with E-state index in [4.69, 9.17) is 5.14 Å². The van der Waals surface area contributed by atoms with E-state index in [0.29, 0.717) is 18.9 Å². The van der Waals surface area contributed by atoms with Crippen molar-refractivity contribution in [1.29, 1.82) is 0 Å². The average Bonchev–Trinajstić information content (AvgIpc) is 3.08. The maximum Gasteiger partial charge on any atom is 0.239 e. The molecule has 28 heavy (non-hydrogen) atoms. The lowest BCUT2D eigenvalue weighted by Gasteiger charge is -2.39. The van der Waals surface area contributed by atoms with Crippen molar-refractivity contribution in [2.24, 2.45) is 21.9 Å². The largest absolute Gasteiger partial charge is 0.359 e. The number of amides is 1. The van der Waals surface area contributed by atoms with Gasteiger partial charge in [-0.15, -0.1) is 0 Å². The summed E-state index contributed by atoms with van der Waals surface area (Å²) in [7, 11) is -3.72. The third-order valence-electron chi connectivity index (χ3n) is 8.18. The molecule has 1 aliphatic heterocycles. The first-order valence-corrected chi connectivity index (χ1v) is 11.7. The monoisotopic (exact) mass is 405 g/mol. The highest BCUT2D eigenvalue weighted by atomic mass is 32.2. The summed E-state index contributed by atoms with van der Waals surface area (Å²) in [5, 5.41) is 8.57. The van der Waals surface area contributed by atoms with Gasteiger partial charge in [0.05, 0.1) is 11.4 Å². The second-order valence-corrected chi connectivity index (χ2v) is 11.3. The first-order chi connectivity index (χ1) is 12.9. The second-order valence-electron chi connectivity index (χ2n) is 9.75. The fourth-order valence-electron chi connectivity index (χ4n) is 5.91. The lowest BCUT2D eigenvalue weighted by Crippen LogP contribution is -2.50. The number of sulfonamides is 1. The van der Waals surface area contributed by atoms with Gasteiger partial charge in [0.2, 0.25) is 15.9 Å². The van der Waals surface area contributed by atoms with Crippen LogP contribution < -0.4 is 15.4 Å². The first kappa shape index (κ1) is 19.7. The van der Waals surface area contributed by atoms with Gasteiger partial charge in [-0.25, -0.2) is 13.6 Å². The summed E-state index contributed by atoms with van der Waals surface area (Å²) in [5.41, 5.74) is 2.28. The summed E-state index contributed by atoms with van der Waals surface area (Å²) in [6.45, 7) is 9.37. The van der Waals surface area contributed by atoms with Crippen LogP contribution in [-0.2, 0) is 21.2 Å². The quantitative estimate of drug-likeness (QED) is 0.805. The predicted molar refractivity (Wildman–Crippen MR) is 109 cm³/mol. The Kier molecular flexibility index (Phi) is 4.36. The molecule has 4 atom stereocenters. The summed E-state index contributed by atoms with van der Waals surface area (Å²) >= 11 is 0. The molecule has 2 saturated carbocycles. The minimum absolute atomic E-state index is 0.0461. The van der Waals surface area contributed by atoms with E-state index in [0.717, 1.165) is 17.7 Å². The first-order valence-electron chi connectivity index (χ1n) is 10.2. The molecule has 0 radical (unpaired) electrons. The summed E-state index contributed by atoms with van der Waals surface area (Å²) < 4.78 is 23.2. The van der Waals surface area contributed by atoms with E-state index in [2.05, 4.69) is 37.9 Å². The molecular weight excluding hydrogens is 374 g/mol. The number of hydrogen-bond donors (Lipinski definition) is 2. The molecule has 3 aliphatic rings. The molecule has 2 bridgehead atoms. The fraction of sp³-hybridized carbons (Fsp3) is 0.667. The van der Waals surface area contributed by atoms with E-state index in [-0.39, 0.29) is 33.7 Å². The van der Waals surface area contributed by atoms with E-state index in [1.165, 1.54) is 18.9 Å². The lowest BCUT2D eigenvalue weighted by atomic mass is 9.69. The maximum atomic E-state index is 12.9. The van der Waals surface area contributed by atoms with Gasteiger partial charge in [-0.1, -0.05) is 20.8 Å². The van der Waals surface area contributed by atoms with Crippen molar-refractivity contribution < 1.29 is 13.2 Å². The van der Waals surface area contributed by atoms with Crippen molar-refractivity contribution in [3.05, 3.63) is 23.8 Å². The smallest absolute Gasteiger partial charge is 0.239 e. The number of anilines is 1. The summed E-state index contributed by atoms with van der Waals surface area (Å²) in [5.74, 6) is 0.732. The molecule has 0 unspecified atom stereocenters. The molecule has 1 aromatic rings. The number of nitrogens with one attached hydrogen (secondary N) is 1. The second kappa shape index (κ2) is 6.20. The number of carbonyl (C=O) groups excluding carboxylic acids is 1. The van der Waals surface area contributed by atoms with E-state index in [1.807, 2.05) is 0 Å². The SMILES string of the molecule is C[C@H]1Cc2cc(S(N)(=O)=O)ccc2N1CC(=O)N[C@@H]1C[C@H]2CC[C@@]1(C)C2(C)C. The molecule has 0 aromatic heterocycles. The van der Waals surface area contributed by atoms with E-state index < -0.39 is 10.0 Å². The molecule has 0 saturated heterocycles. The number of benzene rings is 1. The minimum atomic E-state index is -3.72. The molecule has 2 fully saturated rings. The Morgan fingerprint density at radius 3 is 2.61 bits per heavy atom. The Labute approximate surface area is 167 Å². The highest BCUT2D eigenvalue weighted by Crippen LogP contribution is 2.65. The molecule has 7 heteroatoms. The summed E-state index contributed by atoms with van der Waals surface area (Å²) in [6, 6.07) is 5.31. The Morgan fingerprint density at radius 1 is 1.32 bits per heavy atom. The van der Waals surface area contributed by atoms with Gasteiger partial charge >= 0.3 is 0 Å². The number of nitrogens with two attached hydrogens (primary N) is 1. The van der Waals surface area contributed by atoms with Crippen molar-refractivity contribution in [3.8, 4) is 0 Å². The molecule has 4 rings (SSSR count). The maximum absolute atomic E-state index is 12.9. The van der Waals surface area contributed by atoms with Crippen LogP contribution in [0.1, 0.15) is 52.5 Å². The Morgan fingerprint density at radius 2 is 2.04 bits per heavy atom. The van der Waals surface area contributed by atoms with Crippen LogP contribution in [0.15, 0.2) is 23.1 Å². The predicted octanol–water partition coefficient (Wildman–Crippen LogP) is 2.42. The molecule has 3 N–H and O–H groups in total. The van der Waals surface area contributed by atoms with E-state index >= 15 is 0 Å². The van der Waals surface area contributed by atoms with Crippen molar-refractivity contribution in [1.82, 2.24) is 5.32 Å². The molecular formula is C21H31N3O3S. The lowest BCUT2D eigenvalue weighted by molar-refractivity contribution is -0.121. The van der Waals surface area contributed by atoms with Crippen LogP contribution in [0, 0.1) is 16.7 Å². The summed E-state index contributed by atoms with van der Waals surface area (Å²) in [4.78, 5) is 15.1. The Hall–Kier alpha value is -1.60. The number of nitrogens with zero attached hydrogens (tertiary/aromatic N) is 1. The topological polar surface area (TPSA) is 92.5 Å².